The summed E-state index contributed by atoms with van der Waals surface area (Å²) in [5.74, 6) is -1.03. The van der Waals surface area contributed by atoms with Crippen molar-refractivity contribution in [2.45, 2.75) is 39.0 Å². The summed E-state index contributed by atoms with van der Waals surface area (Å²) < 4.78 is 5.16. The average molecular weight is 303 g/mol. The van der Waals surface area contributed by atoms with Gasteiger partial charge in [-0.25, -0.2) is 5.43 Å². The minimum Gasteiger partial charge on any atom is -0.495 e. The maximum atomic E-state index is 11.9. The van der Waals surface area contributed by atoms with Crippen LogP contribution in [0.1, 0.15) is 37.7 Å². The van der Waals surface area contributed by atoms with Crippen molar-refractivity contribution in [3.63, 3.8) is 0 Å². The highest BCUT2D eigenvalue weighted by atomic mass is 16.5. The van der Waals surface area contributed by atoms with Crippen molar-refractivity contribution in [1.82, 2.24) is 5.43 Å². The number of anilines is 1. The van der Waals surface area contributed by atoms with E-state index in [1.54, 1.807) is 12.1 Å². The fraction of sp³-hybridized carbons (Fsp3) is 0.438. The van der Waals surface area contributed by atoms with Crippen molar-refractivity contribution in [2.75, 3.05) is 12.4 Å². The van der Waals surface area contributed by atoms with Crippen LogP contribution in [0.3, 0.4) is 0 Å². The van der Waals surface area contributed by atoms with Crippen LogP contribution in [-0.2, 0) is 9.59 Å². The fourth-order valence-electron chi connectivity index (χ4n) is 2.35. The van der Waals surface area contributed by atoms with Crippen LogP contribution < -0.4 is 15.5 Å². The summed E-state index contributed by atoms with van der Waals surface area (Å²) in [5, 5.41) is 6.58. The Kier molecular flexibility index (Phi) is 5.52. The predicted molar refractivity (Wildman–Crippen MR) is 85.0 cm³/mol. The van der Waals surface area contributed by atoms with Crippen molar-refractivity contribution >= 4 is 23.2 Å². The molecule has 1 aliphatic rings. The molecule has 2 rings (SSSR count). The minimum absolute atomic E-state index is 0.466. The van der Waals surface area contributed by atoms with Gasteiger partial charge >= 0.3 is 11.8 Å². The van der Waals surface area contributed by atoms with Gasteiger partial charge in [0.1, 0.15) is 5.75 Å². The van der Waals surface area contributed by atoms with E-state index in [2.05, 4.69) is 15.8 Å². The standard InChI is InChI=1S/C16H21N3O3/c1-11-8-9-14(22-2)13(10-11)17-15(20)16(21)19-18-12-6-4-3-5-7-12/h8-10H,3-7H2,1-2H3,(H,17,20)(H,19,21). The van der Waals surface area contributed by atoms with E-state index >= 15 is 0 Å². The molecule has 6 heteroatoms. The van der Waals surface area contributed by atoms with Gasteiger partial charge in [-0.05, 0) is 50.3 Å². The van der Waals surface area contributed by atoms with E-state index in [-0.39, 0.29) is 0 Å². The van der Waals surface area contributed by atoms with Crippen LogP contribution >= 0.6 is 0 Å². The molecule has 1 aromatic carbocycles. The van der Waals surface area contributed by atoms with Crippen LogP contribution in [0.25, 0.3) is 0 Å². The summed E-state index contributed by atoms with van der Waals surface area (Å²) in [6, 6.07) is 5.35. The zero-order valence-corrected chi connectivity index (χ0v) is 12.9. The monoisotopic (exact) mass is 303 g/mol. The normalized spacial score (nSPS) is 14.2. The maximum Gasteiger partial charge on any atom is 0.329 e. The van der Waals surface area contributed by atoms with Crippen molar-refractivity contribution in [1.29, 1.82) is 0 Å². The molecule has 0 aromatic heterocycles. The van der Waals surface area contributed by atoms with Gasteiger partial charge in [0.15, 0.2) is 0 Å². The molecule has 22 heavy (non-hydrogen) atoms. The number of methoxy groups -OCH3 is 1. The quantitative estimate of drug-likeness (QED) is 0.664. The molecule has 1 fully saturated rings. The number of hydrazone groups is 1. The number of benzene rings is 1. The van der Waals surface area contributed by atoms with E-state index in [0.29, 0.717) is 11.4 Å². The van der Waals surface area contributed by atoms with Crippen LogP contribution in [0.2, 0.25) is 0 Å². The van der Waals surface area contributed by atoms with Crippen LogP contribution in [0.5, 0.6) is 5.75 Å². The summed E-state index contributed by atoms with van der Waals surface area (Å²) in [6.07, 6.45) is 5.13. The predicted octanol–water partition coefficient (Wildman–Crippen LogP) is 2.38. The Morgan fingerprint density at radius 1 is 1.14 bits per heavy atom. The Morgan fingerprint density at radius 3 is 2.55 bits per heavy atom. The number of nitrogens with one attached hydrogen (secondary N) is 2. The third-order valence-electron chi connectivity index (χ3n) is 3.56. The van der Waals surface area contributed by atoms with E-state index in [1.807, 2.05) is 13.0 Å². The molecule has 0 radical (unpaired) electrons. The number of carbonyl (C=O) groups excluding carboxylic acids is 2. The molecule has 1 saturated carbocycles. The van der Waals surface area contributed by atoms with E-state index in [1.165, 1.54) is 13.5 Å². The zero-order chi connectivity index (χ0) is 15.9. The van der Waals surface area contributed by atoms with Gasteiger partial charge < -0.3 is 10.1 Å². The molecular formula is C16H21N3O3. The number of carbonyl (C=O) groups is 2. The molecule has 0 spiro atoms. The first-order valence-electron chi connectivity index (χ1n) is 7.41. The highest BCUT2D eigenvalue weighted by molar-refractivity contribution is 6.39. The molecule has 118 valence electrons. The maximum absolute atomic E-state index is 11.9. The van der Waals surface area contributed by atoms with Gasteiger partial charge in [0.25, 0.3) is 0 Å². The molecule has 2 N–H and O–H groups in total. The summed E-state index contributed by atoms with van der Waals surface area (Å²) in [7, 11) is 1.51. The second-order valence-electron chi connectivity index (χ2n) is 5.34. The second kappa shape index (κ2) is 7.59. The Balaban J connectivity index is 1.96. The lowest BCUT2D eigenvalue weighted by atomic mass is 9.99. The summed E-state index contributed by atoms with van der Waals surface area (Å²) in [4.78, 5) is 23.7. The first kappa shape index (κ1) is 16.0. The number of hydrogen-bond donors (Lipinski definition) is 2. The number of nitrogens with zero attached hydrogens (tertiary/aromatic N) is 1. The first-order valence-corrected chi connectivity index (χ1v) is 7.41. The zero-order valence-electron chi connectivity index (χ0n) is 12.9. The lowest BCUT2D eigenvalue weighted by molar-refractivity contribution is -0.136. The van der Waals surface area contributed by atoms with Crippen LogP contribution in [0.4, 0.5) is 5.69 Å². The molecule has 6 nitrogen and oxygen atoms in total. The Labute approximate surface area is 129 Å². The smallest absolute Gasteiger partial charge is 0.329 e. The third kappa shape index (κ3) is 4.31. The number of rotatable bonds is 3. The van der Waals surface area contributed by atoms with Crippen molar-refractivity contribution in [3.05, 3.63) is 23.8 Å². The Morgan fingerprint density at radius 2 is 1.86 bits per heavy atom. The summed E-state index contributed by atoms with van der Waals surface area (Å²) >= 11 is 0. The second-order valence-corrected chi connectivity index (χ2v) is 5.34. The molecule has 0 heterocycles. The molecule has 0 bridgehead atoms. The Bertz CT molecular complexity index is 588. The Hall–Kier alpha value is -2.37. The number of ether oxygens (including phenoxy) is 1. The lowest BCUT2D eigenvalue weighted by Gasteiger charge is -2.12. The molecule has 0 aliphatic heterocycles. The van der Waals surface area contributed by atoms with E-state index < -0.39 is 11.8 Å². The highest BCUT2D eigenvalue weighted by Crippen LogP contribution is 2.25. The van der Waals surface area contributed by atoms with Crippen molar-refractivity contribution < 1.29 is 14.3 Å². The molecule has 0 unspecified atom stereocenters. The average Bonchev–Trinajstić information content (AvgIpc) is 2.53. The van der Waals surface area contributed by atoms with Crippen molar-refractivity contribution in [2.24, 2.45) is 5.10 Å². The van der Waals surface area contributed by atoms with Crippen LogP contribution in [0.15, 0.2) is 23.3 Å². The van der Waals surface area contributed by atoms with Crippen LogP contribution in [-0.4, -0.2) is 24.6 Å². The largest absolute Gasteiger partial charge is 0.495 e. The SMILES string of the molecule is COc1ccc(C)cc1NC(=O)C(=O)NN=C1CCCCC1. The van der Waals surface area contributed by atoms with Gasteiger partial charge in [-0.15, -0.1) is 0 Å². The molecule has 0 saturated heterocycles. The number of hydrogen-bond acceptors (Lipinski definition) is 4. The minimum atomic E-state index is -0.776. The topological polar surface area (TPSA) is 79.8 Å². The first-order chi connectivity index (χ1) is 10.6. The van der Waals surface area contributed by atoms with Crippen LogP contribution in [0, 0.1) is 6.92 Å². The van der Waals surface area contributed by atoms with Gasteiger partial charge in [-0.1, -0.05) is 12.5 Å². The van der Waals surface area contributed by atoms with Gasteiger partial charge in [-0.3, -0.25) is 9.59 Å². The van der Waals surface area contributed by atoms with Gasteiger partial charge in [0, 0.05) is 5.71 Å². The van der Waals surface area contributed by atoms with E-state index in [4.69, 9.17) is 4.74 Å². The van der Waals surface area contributed by atoms with E-state index in [9.17, 15) is 9.59 Å². The molecular weight excluding hydrogens is 282 g/mol. The van der Waals surface area contributed by atoms with Gasteiger partial charge in [0.05, 0.1) is 12.8 Å². The molecule has 0 atom stereocenters. The highest BCUT2D eigenvalue weighted by Gasteiger charge is 2.16. The molecule has 1 aliphatic carbocycles. The number of amides is 2. The third-order valence-corrected chi connectivity index (χ3v) is 3.56. The van der Waals surface area contributed by atoms with Crippen molar-refractivity contribution in [3.8, 4) is 5.75 Å². The number of aryl methyl sites for hydroxylation is 1. The van der Waals surface area contributed by atoms with E-state index in [0.717, 1.165) is 37.0 Å². The summed E-state index contributed by atoms with van der Waals surface area (Å²) in [5.41, 5.74) is 4.69. The summed E-state index contributed by atoms with van der Waals surface area (Å²) in [6.45, 7) is 1.89. The van der Waals surface area contributed by atoms with Gasteiger partial charge in [-0.2, -0.15) is 5.10 Å². The van der Waals surface area contributed by atoms with Gasteiger partial charge in [0.2, 0.25) is 0 Å². The fourth-order valence-corrected chi connectivity index (χ4v) is 2.35. The lowest BCUT2D eigenvalue weighted by Crippen LogP contribution is -2.33. The molecule has 1 aromatic rings. The molecule has 2 amide bonds.